The molecule has 3 nitrogen and oxygen atoms in total. The molecule has 0 bridgehead atoms. The van der Waals surface area contributed by atoms with Crippen molar-refractivity contribution in [3.63, 3.8) is 0 Å². The number of rotatable bonds is 4. The molecule has 7 heteroatoms. The number of nitrogens with one attached hydrogen (secondary N) is 1. The summed E-state index contributed by atoms with van der Waals surface area (Å²) in [6.07, 6.45) is 0. The van der Waals surface area contributed by atoms with Gasteiger partial charge in [0.15, 0.2) is 0 Å². The summed E-state index contributed by atoms with van der Waals surface area (Å²) >= 11 is 12.7. The second-order valence-corrected chi connectivity index (χ2v) is 8.05. The lowest BCUT2D eigenvalue weighted by Gasteiger charge is -2.14. The van der Waals surface area contributed by atoms with Crippen LogP contribution in [0.25, 0.3) is 0 Å². The monoisotopic (exact) mass is 335 g/mol. The highest BCUT2D eigenvalue weighted by atomic mass is 35.5. The Morgan fingerprint density at radius 2 is 1.95 bits per heavy atom. The summed E-state index contributed by atoms with van der Waals surface area (Å²) in [4.78, 5) is 0. The third kappa shape index (κ3) is 3.70. The maximum Gasteiger partial charge on any atom is 0.250 e. The first-order valence-electron chi connectivity index (χ1n) is 5.41. The van der Waals surface area contributed by atoms with Crippen LogP contribution in [-0.4, -0.2) is 8.42 Å². The summed E-state index contributed by atoms with van der Waals surface area (Å²) < 4.78 is 27.5. The van der Waals surface area contributed by atoms with Crippen LogP contribution in [0.3, 0.4) is 0 Å². The van der Waals surface area contributed by atoms with Crippen LogP contribution in [-0.2, 0) is 10.0 Å². The Kier molecular flexibility index (Phi) is 4.53. The van der Waals surface area contributed by atoms with Gasteiger partial charge in [-0.05, 0) is 36.8 Å². The first-order valence-corrected chi connectivity index (χ1v) is 8.47. The maximum absolute atomic E-state index is 12.1. The van der Waals surface area contributed by atoms with E-state index in [0.29, 0.717) is 9.36 Å². The van der Waals surface area contributed by atoms with Gasteiger partial charge >= 0.3 is 0 Å². The molecule has 1 aromatic carbocycles. The van der Waals surface area contributed by atoms with Gasteiger partial charge < -0.3 is 0 Å². The highest BCUT2D eigenvalue weighted by Crippen LogP contribution is 2.27. The van der Waals surface area contributed by atoms with E-state index < -0.39 is 10.0 Å². The quantitative estimate of drug-likeness (QED) is 0.914. The molecule has 0 saturated carbocycles. The van der Waals surface area contributed by atoms with Gasteiger partial charge in [-0.25, -0.2) is 13.1 Å². The summed E-state index contributed by atoms with van der Waals surface area (Å²) in [5, 5.41) is 0.572. The Balaban J connectivity index is 2.21. The predicted molar refractivity (Wildman–Crippen MR) is 79.5 cm³/mol. The Morgan fingerprint density at radius 1 is 1.21 bits per heavy atom. The molecule has 1 atom stereocenters. The molecule has 2 aromatic rings. The molecular weight excluding hydrogens is 325 g/mol. The van der Waals surface area contributed by atoms with Gasteiger partial charge in [-0.1, -0.05) is 35.3 Å². The fourth-order valence-electron chi connectivity index (χ4n) is 1.58. The zero-order valence-corrected chi connectivity index (χ0v) is 13.1. The number of hydrogen-bond acceptors (Lipinski definition) is 3. The molecule has 0 fully saturated rings. The topological polar surface area (TPSA) is 46.2 Å². The molecule has 1 heterocycles. The zero-order valence-electron chi connectivity index (χ0n) is 9.93. The van der Waals surface area contributed by atoms with Crippen LogP contribution in [0.4, 0.5) is 0 Å². The van der Waals surface area contributed by atoms with E-state index >= 15 is 0 Å². The van der Waals surface area contributed by atoms with Crippen molar-refractivity contribution in [1.29, 1.82) is 0 Å². The highest BCUT2D eigenvalue weighted by molar-refractivity contribution is 7.91. The van der Waals surface area contributed by atoms with E-state index in [1.807, 2.05) is 6.07 Å². The van der Waals surface area contributed by atoms with Gasteiger partial charge in [0.1, 0.15) is 4.21 Å². The molecule has 1 aromatic heterocycles. The Labute approximate surface area is 126 Å². The Morgan fingerprint density at radius 3 is 2.53 bits per heavy atom. The lowest BCUT2D eigenvalue weighted by Crippen LogP contribution is -2.26. The van der Waals surface area contributed by atoms with Crippen LogP contribution in [0, 0.1) is 0 Å². The van der Waals surface area contributed by atoms with Crippen molar-refractivity contribution >= 4 is 44.6 Å². The van der Waals surface area contributed by atoms with E-state index in [1.54, 1.807) is 31.2 Å². The number of sulfonamides is 1. The molecule has 0 radical (unpaired) electrons. The van der Waals surface area contributed by atoms with Gasteiger partial charge in [-0.3, -0.25) is 0 Å². The van der Waals surface area contributed by atoms with E-state index in [9.17, 15) is 8.42 Å². The molecule has 0 aliphatic heterocycles. The summed E-state index contributed by atoms with van der Waals surface area (Å²) in [6.45, 7) is 1.76. The molecule has 102 valence electrons. The SMILES string of the molecule is CC(NS(=O)(=O)c1ccc(Cl)s1)c1cccc(Cl)c1. The molecule has 0 amide bonds. The molecule has 19 heavy (non-hydrogen) atoms. The Bertz CT molecular complexity index is 683. The van der Waals surface area contributed by atoms with Gasteiger partial charge in [-0.15, -0.1) is 11.3 Å². The van der Waals surface area contributed by atoms with Crippen molar-refractivity contribution in [3.8, 4) is 0 Å². The third-order valence-electron chi connectivity index (χ3n) is 2.49. The van der Waals surface area contributed by atoms with Crippen molar-refractivity contribution in [2.75, 3.05) is 0 Å². The van der Waals surface area contributed by atoms with Gasteiger partial charge in [0, 0.05) is 11.1 Å². The summed E-state index contributed by atoms with van der Waals surface area (Å²) in [5.74, 6) is 0. The van der Waals surface area contributed by atoms with E-state index in [-0.39, 0.29) is 10.3 Å². The van der Waals surface area contributed by atoms with Crippen LogP contribution in [0.1, 0.15) is 18.5 Å². The third-order valence-corrected chi connectivity index (χ3v) is 5.99. The number of hydrogen-bond donors (Lipinski definition) is 1. The van der Waals surface area contributed by atoms with Crippen LogP contribution in [0.5, 0.6) is 0 Å². The molecule has 2 rings (SSSR count). The summed E-state index contributed by atoms with van der Waals surface area (Å²) in [6, 6.07) is 9.75. The minimum absolute atomic E-state index is 0.200. The van der Waals surface area contributed by atoms with Crippen LogP contribution < -0.4 is 4.72 Å². The van der Waals surface area contributed by atoms with E-state index in [0.717, 1.165) is 16.9 Å². The largest absolute Gasteiger partial charge is 0.250 e. The Hall–Kier alpha value is -0.590. The van der Waals surface area contributed by atoms with Crippen LogP contribution in [0.15, 0.2) is 40.6 Å². The average Bonchev–Trinajstić information content (AvgIpc) is 2.76. The molecule has 0 spiro atoms. The second kappa shape index (κ2) is 5.81. The van der Waals surface area contributed by atoms with Crippen molar-refractivity contribution in [2.45, 2.75) is 17.2 Å². The molecule has 1 N–H and O–H groups in total. The first-order chi connectivity index (χ1) is 8.88. The lowest BCUT2D eigenvalue weighted by molar-refractivity contribution is 0.569. The molecular formula is C12H11Cl2NO2S2. The van der Waals surface area contributed by atoms with E-state index in [2.05, 4.69) is 4.72 Å². The summed E-state index contributed by atoms with van der Waals surface area (Å²) in [7, 11) is -3.56. The standard InChI is InChI=1S/C12H11Cl2NO2S2/c1-8(9-3-2-4-10(13)7-9)15-19(16,17)12-6-5-11(14)18-12/h2-8,15H,1H3. The van der Waals surface area contributed by atoms with Crippen molar-refractivity contribution < 1.29 is 8.42 Å². The average molecular weight is 336 g/mol. The van der Waals surface area contributed by atoms with Gasteiger partial charge in [0.05, 0.1) is 4.34 Å². The van der Waals surface area contributed by atoms with Crippen molar-refractivity contribution in [1.82, 2.24) is 4.72 Å². The second-order valence-electron chi connectivity index (χ2n) is 3.96. The molecule has 0 saturated heterocycles. The zero-order chi connectivity index (χ0) is 14.0. The van der Waals surface area contributed by atoms with Crippen LogP contribution in [0.2, 0.25) is 9.36 Å². The number of thiophene rings is 1. The fourth-order valence-corrected chi connectivity index (χ4v) is 4.51. The van der Waals surface area contributed by atoms with E-state index in [1.165, 1.54) is 6.07 Å². The smallest absolute Gasteiger partial charge is 0.206 e. The lowest BCUT2D eigenvalue weighted by atomic mass is 10.1. The molecule has 0 aliphatic rings. The van der Waals surface area contributed by atoms with Crippen LogP contribution >= 0.6 is 34.5 Å². The van der Waals surface area contributed by atoms with Gasteiger partial charge in [0.2, 0.25) is 0 Å². The summed E-state index contributed by atoms with van der Waals surface area (Å²) in [5.41, 5.74) is 0.804. The highest BCUT2D eigenvalue weighted by Gasteiger charge is 2.20. The first kappa shape index (κ1) is 14.8. The number of halogens is 2. The minimum Gasteiger partial charge on any atom is -0.206 e. The van der Waals surface area contributed by atoms with Crippen molar-refractivity contribution in [2.24, 2.45) is 0 Å². The molecule has 0 aliphatic carbocycles. The van der Waals surface area contributed by atoms with Gasteiger partial charge in [-0.2, -0.15) is 0 Å². The van der Waals surface area contributed by atoms with E-state index in [4.69, 9.17) is 23.2 Å². The number of benzene rings is 1. The fraction of sp³-hybridized carbons (Fsp3) is 0.167. The van der Waals surface area contributed by atoms with Crippen molar-refractivity contribution in [3.05, 3.63) is 51.3 Å². The normalized spacial score (nSPS) is 13.4. The van der Waals surface area contributed by atoms with Gasteiger partial charge in [0.25, 0.3) is 10.0 Å². The predicted octanol–water partition coefficient (Wildman–Crippen LogP) is 4.09. The molecule has 1 unspecified atom stereocenters. The maximum atomic E-state index is 12.1. The minimum atomic E-state index is -3.56.